The number of hydrogen-bond donors (Lipinski definition) is 1. The lowest BCUT2D eigenvalue weighted by molar-refractivity contribution is -0.0902. The number of hydrogen-bond acceptors (Lipinski definition) is 5. The predicted molar refractivity (Wildman–Crippen MR) is 94.6 cm³/mol. The van der Waals surface area contributed by atoms with Crippen molar-refractivity contribution in [1.29, 1.82) is 0 Å². The minimum Gasteiger partial charge on any atom is -0.431 e. The van der Waals surface area contributed by atoms with E-state index in [0.717, 1.165) is 6.54 Å². The average molecular weight is 306 g/mol. The van der Waals surface area contributed by atoms with Gasteiger partial charge in [-0.2, -0.15) is 0 Å². The summed E-state index contributed by atoms with van der Waals surface area (Å²) in [4.78, 5) is 9.70. The van der Waals surface area contributed by atoms with Crippen LogP contribution in [0.2, 0.25) is 0 Å². The molecule has 1 fully saturated rings. The Labute approximate surface area is 136 Å². The van der Waals surface area contributed by atoms with E-state index in [2.05, 4.69) is 28.0 Å². The molecule has 0 unspecified atom stereocenters. The van der Waals surface area contributed by atoms with Crippen molar-refractivity contribution < 1.29 is 9.76 Å². The molecule has 1 radical (unpaired) electrons. The maximum Gasteiger partial charge on any atom is 0.316 e. The third kappa shape index (κ3) is 8.98. The molecule has 123 valence electrons. The number of nitrogens with zero attached hydrogens (tertiary/aromatic N) is 3. The van der Waals surface area contributed by atoms with Crippen LogP contribution in [0.25, 0.3) is 0 Å². The summed E-state index contributed by atoms with van der Waals surface area (Å²) < 4.78 is 5.56. The highest BCUT2D eigenvalue weighted by atomic mass is 16.5. The first-order valence-corrected chi connectivity index (χ1v) is 7.58. The zero-order chi connectivity index (χ0) is 17.1. The molecular weight excluding hydrogens is 277 g/mol. The predicted octanol–water partition coefficient (Wildman–Crippen LogP) is 1.57. The minimum absolute atomic E-state index is 0.535. The molecule has 0 atom stereocenters. The van der Waals surface area contributed by atoms with Gasteiger partial charge in [-0.15, -0.1) is 0 Å². The Bertz CT molecular complexity index is 378. The molecule has 0 aliphatic carbocycles. The summed E-state index contributed by atoms with van der Waals surface area (Å²) in [5.74, 6) is 0. The highest BCUT2D eigenvalue weighted by Crippen LogP contribution is 2.24. The van der Waals surface area contributed by atoms with E-state index in [1.807, 2.05) is 26.1 Å². The van der Waals surface area contributed by atoms with Crippen LogP contribution in [0.3, 0.4) is 0 Å². The van der Waals surface area contributed by atoms with Gasteiger partial charge in [-0.25, -0.2) is 4.99 Å². The number of rotatable bonds is 7. The summed E-state index contributed by atoms with van der Waals surface area (Å²) in [6.07, 6.45) is 9.65. The summed E-state index contributed by atoms with van der Waals surface area (Å²) in [6, 6.07) is 1.94. The molecule has 22 heavy (non-hydrogen) atoms. The van der Waals surface area contributed by atoms with Crippen molar-refractivity contribution in [1.82, 2.24) is 4.90 Å². The molecule has 0 aromatic heterocycles. The standard InChI is InChI=1S/C13H26BN2O2.C3H3N/c1-12(2,17)13(3,4)18-14-11-15-7-10-16-8-5-6-9-16;1-3-4-2/h7,17H,5-6,8-11H2,1-4H3;1H,2H2/b15-7-;. The first-order chi connectivity index (χ1) is 10.2. The molecule has 0 amide bonds. The maximum absolute atomic E-state index is 9.90. The fourth-order valence-corrected chi connectivity index (χ4v) is 1.65. The minimum atomic E-state index is -0.872. The van der Waals surface area contributed by atoms with E-state index in [0.29, 0.717) is 6.44 Å². The van der Waals surface area contributed by atoms with Crippen LogP contribution in [0.5, 0.6) is 0 Å². The molecule has 0 bridgehead atoms. The molecule has 1 aliphatic rings. The van der Waals surface area contributed by atoms with Crippen molar-refractivity contribution >= 4 is 20.4 Å². The number of terminal acetylenes is 1. The van der Waals surface area contributed by atoms with Crippen LogP contribution in [0, 0.1) is 12.5 Å². The Morgan fingerprint density at radius 2 is 1.91 bits per heavy atom. The summed E-state index contributed by atoms with van der Waals surface area (Å²) in [5.41, 5.74) is -1.47. The van der Waals surface area contributed by atoms with Gasteiger partial charge in [0.25, 0.3) is 0 Å². The van der Waals surface area contributed by atoms with Gasteiger partial charge in [0.05, 0.1) is 11.2 Å². The molecule has 0 spiro atoms. The van der Waals surface area contributed by atoms with Crippen molar-refractivity contribution in [3.05, 3.63) is 0 Å². The number of aliphatic imine (C=N–C) groups is 2. The molecular formula is C16H29BN3O2. The molecule has 0 aromatic carbocycles. The van der Waals surface area contributed by atoms with Crippen molar-refractivity contribution in [2.45, 2.75) is 51.7 Å². The Morgan fingerprint density at radius 3 is 2.36 bits per heavy atom. The normalized spacial score (nSPS) is 16.0. The lowest BCUT2D eigenvalue weighted by atomic mass is 9.86. The molecule has 1 rings (SSSR count). The number of aliphatic hydroxyl groups is 1. The van der Waals surface area contributed by atoms with Gasteiger partial charge < -0.3 is 14.8 Å². The Kier molecular flexibility index (Phi) is 10.00. The van der Waals surface area contributed by atoms with Gasteiger partial charge in [-0.3, -0.25) is 4.90 Å². The summed E-state index contributed by atoms with van der Waals surface area (Å²) >= 11 is 0. The van der Waals surface area contributed by atoms with Crippen molar-refractivity contribution in [2.24, 2.45) is 9.98 Å². The van der Waals surface area contributed by atoms with Crippen molar-refractivity contribution in [3.63, 3.8) is 0 Å². The fourth-order valence-electron chi connectivity index (χ4n) is 1.65. The summed E-state index contributed by atoms with van der Waals surface area (Å²) in [6.45, 7) is 13.6. The topological polar surface area (TPSA) is 57.4 Å². The largest absolute Gasteiger partial charge is 0.431 e. The number of likely N-dealkylation sites (tertiary alicyclic amines) is 1. The highest BCUT2D eigenvalue weighted by Gasteiger charge is 2.35. The Balaban J connectivity index is 0.000000980. The first-order valence-electron chi connectivity index (χ1n) is 7.58. The van der Waals surface area contributed by atoms with Gasteiger partial charge >= 0.3 is 7.48 Å². The van der Waals surface area contributed by atoms with E-state index in [9.17, 15) is 5.11 Å². The molecule has 1 aliphatic heterocycles. The van der Waals surface area contributed by atoms with E-state index < -0.39 is 11.2 Å². The second-order valence-electron chi connectivity index (χ2n) is 6.20. The van der Waals surface area contributed by atoms with Gasteiger partial charge in [-0.1, -0.05) is 6.42 Å². The zero-order valence-corrected chi connectivity index (χ0v) is 14.4. The summed E-state index contributed by atoms with van der Waals surface area (Å²) in [7, 11) is 1.67. The van der Waals surface area contributed by atoms with E-state index in [1.165, 1.54) is 25.9 Å². The second-order valence-corrected chi connectivity index (χ2v) is 6.20. The maximum atomic E-state index is 9.90. The van der Waals surface area contributed by atoms with Crippen LogP contribution in [0.1, 0.15) is 40.5 Å². The van der Waals surface area contributed by atoms with E-state index >= 15 is 0 Å². The highest BCUT2D eigenvalue weighted by molar-refractivity contribution is 6.27. The molecule has 1 N–H and O–H groups in total. The second kappa shape index (κ2) is 10.6. The van der Waals surface area contributed by atoms with Crippen LogP contribution in [0.15, 0.2) is 9.98 Å². The smallest absolute Gasteiger partial charge is 0.316 e. The first kappa shape index (κ1) is 20.8. The molecule has 0 saturated carbocycles. The van der Waals surface area contributed by atoms with Gasteiger partial charge in [0.15, 0.2) is 0 Å². The third-order valence-electron chi connectivity index (χ3n) is 3.79. The molecule has 1 heterocycles. The van der Waals surface area contributed by atoms with Crippen LogP contribution in [-0.2, 0) is 4.65 Å². The van der Waals surface area contributed by atoms with Crippen LogP contribution in [0.4, 0.5) is 0 Å². The zero-order valence-electron chi connectivity index (χ0n) is 14.4. The Hall–Kier alpha value is -1.16. The lowest BCUT2D eigenvalue weighted by Crippen LogP contribution is -2.48. The molecule has 1 saturated heterocycles. The van der Waals surface area contributed by atoms with Gasteiger partial charge in [0.2, 0.25) is 0 Å². The average Bonchev–Trinajstić information content (AvgIpc) is 2.95. The van der Waals surface area contributed by atoms with Gasteiger partial charge in [0.1, 0.15) is 0 Å². The Morgan fingerprint density at radius 1 is 1.36 bits per heavy atom. The van der Waals surface area contributed by atoms with Gasteiger partial charge in [-0.05, 0) is 53.6 Å². The monoisotopic (exact) mass is 306 g/mol. The van der Waals surface area contributed by atoms with Crippen LogP contribution >= 0.6 is 0 Å². The van der Waals surface area contributed by atoms with E-state index in [4.69, 9.17) is 4.65 Å². The third-order valence-corrected chi connectivity index (χ3v) is 3.79. The molecule has 6 heteroatoms. The van der Waals surface area contributed by atoms with E-state index in [-0.39, 0.29) is 0 Å². The van der Waals surface area contributed by atoms with Gasteiger partial charge in [0, 0.05) is 32.0 Å². The van der Waals surface area contributed by atoms with Crippen LogP contribution < -0.4 is 0 Å². The van der Waals surface area contributed by atoms with Crippen LogP contribution in [-0.4, -0.2) is 67.7 Å². The van der Waals surface area contributed by atoms with E-state index in [1.54, 1.807) is 21.3 Å². The SMILES string of the molecule is C#CN=C.CC(C)(O)C(C)(C)O[B]C/N=C\CN1CCCC1. The molecule has 5 nitrogen and oxygen atoms in total. The summed E-state index contributed by atoms with van der Waals surface area (Å²) in [5, 5.41) is 9.90. The lowest BCUT2D eigenvalue weighted by Gasteiger charge is -2.37. The molecule has 0 aromatic rings. The van der Waals surface area contributed by atoms with Crippen molar-refractivity contribution in [2.75, 3.05) is 26.1 Å². The quantitative estimate of drug-likeness (QED) is 0.336. The van der Waals surface area contributed by atoms with Crippen molar-refractivity contribution in [3.8, 4) is 12.5 Å². The fraction of sp³-hybridized carbons (Fsp3) is 0.750.